The number of ether oxygens (including phenoxy) is 1. The first-order valence-corrected chi connectivity index (χ1v) is 8.97. The molecular weight excluding hydrogens is 373 g/mol. The SMILES string of the molecule is OC(COc1ccc(F)cc1)CN1CCCC1c1cccc(Br)c1. The first kappa shape index (κ1) is 17.4. The molecule has 0 amide bonds. The number of rotatable bonds is 6. The number of benzene rings is 2. The largest absolute Gasteiger partial charge is 0.491 e. The third kappa shape index (κ3) is 4.56. The van der Waals surface area contributed by atoms with Crippen molar-refractivity contribution < 1.29 is 14.2 Å². The molecule has 128 valence electrons. The van der Waals surface area contributed by atoms with E-state index in [1.54, 1.807) is 12.1 Å². The van der Waals surface area contributed by atoms with Gasteiger partial charge in [0.15, 0.2) is 0 Å². The summed E-state index contributed by atoms with van der Waals surface area (Å²) in [6, 6.07) is 14.5. The molecule has 2 atom stereocenters. The van der Waals surface area contributed by atoms with Crippen LogP contribution in [0.1, 0.15) is 24.4 Å². The standard InChI is InChI=1S/C19H21BrFNO2/c20-15-4-1-3-14(11-15)19-5-2-10-22(19)12-17(23)13-24-18-8-6-16(21)7-9-18/h1,3-4,6-9,11,17,19,23H,2,5,10,12-13H2. The van der Waals surface area contributed by atoms with E-state index in [2.05, 4.69) is 33.0 Å². The second kappa shape index (κ2) is 8.10. The molecule has 0 bridgehead atoms. The van der Waals surface area contributed by atoms with Gasteiger partial charge in [0.2, 0.25) is 0 Å². The first-order valence-electron chi connectivity index (χ1n) is 8.18. The van der Waals surface area contributed by atoms with Gasteiger partial charge in [-0.3, -0.25) is 4.90 Å². The molecule has 2 aromatic carbocycles. The molecule has 1 fully saturated rings. The molecule has 0 aliphatic carbocycles. The lowest BCUT2D eigenvalue weighted by Gasteiger charge is -2.27. The molecular formula is C19H21BrFNO2. The van der Waals surface area contributed by atoms with Crippen molar-refractivity contribution in [3.05, 3.63) is 64.4 Å². The van der Waals surface area contributed by atoms with Crippen molar-refractivity contribution in [1.82, 2.24) is 4.90 Å². The van der Waals surface area contributed by atoms with Crippen LogP contribution in [0.2, 0.25) is 0 Å². The van der Waals surface area contributed by atoms with Crippen LogP contribution in [0.15, 0.2) is 53.0 Å². The molecule has 1 heterocycles. The van der Waals surface area contributed by atoms with E-state index in [0.717, 1.165) is 23.9 Å². The van der Waals surface area contributed by atoms with Crippen LogP contribution in [0.4, 0.5) is 4.39 Å². The van der Waals surface area contributed by atoms with E-state index in [9.17, 15) is 9.50 Å². The zero-order valence-electron chi connectivity index (χ0n) is 13.4. The van der Waals surface area contributed by atoms with Crippen LogP contribution in [0.3, 0.4) is 0 Å². The third-order valence-electron chi connectivity index (χ3n) is 4.30. The minimum absolute atomic E-state index is 0.202. The molecule has 3 rings (SSSR count). The van der Waals surface area contributed by atoms with Gasteiger partial charge in [-0.25, -0.2) is 4.39 Å². The van der Waals surface area contributed by atoms with Crippen molar-refractivity contribution in [1.29, 1.82) is 0 Å². The molecule has 24 heavy (non-hydrogen) atoms. The molecule has 2 unspecified atom stereocenters. The number of halogens is 2. The number of aliphatic hydroxyl groups excluding tert-OH is 1. The summed E-state index contributed by atoms with van der Waals surface area (Å²) in [6.07, 6.45) is 1.65. The van der Waals surface area contributed by atoms with E-state index in [-0.39, 0.29) is 12.4 Å². The van der Waals surface area contributed by atoms with Gasteiger partial charge in [0.25, 0.3) is 0 Å². The van der Waals surface area contributed by atoms with Crippen LogP contribution in [-0.2, 0) is 0 Å². The quantitative estimate of drug-likeness (QED) is 0.799. The monoisotopic (exact) mass is 393 g/mol. The number of β-amino-alcohol motifs (C(OH)–C–C–N with tert-alkyl or cyclic N) is 1. The molecule has 2 aromatic rings. The molecule has 3 nitrogen and oxygen atoms in total. The highest BCUT2D eigenvalue weighted by molar-refractivity contribution is 9.10. The zero-order chi connectivity index (χ0) is 16.9. The van der Waals surface area contributed by atoms with E-state index < -0.39 is 6.10 Å². The van der Waals surface area contributed by atoms with Crippen LogP contribution < -0.4 is 4.74 Å². The number of hydrogen-bond acceptors (Lipinski definition) is 3. The predicted octanol–water partition coefficient (Wildman–Crippen LogP) is 4.17. The van der Waals surface area contributed by atoms with Crippen LogP contribution >= 0.6 is 15.9 Å². The lowest BCUT2D eigenvalue weighted by atomic mass is 10.0. The Morgan fingerprint density at radius 1 is 1.25 bits per heavy atom. The summed E-state index contributed by atoms with van der Waals surface area (Å²) in [6.45, 7) is 1.75. The zero-order valence-corrected chi connectivity index (χ0v) is 15.0. The first-order chi connectivity index (χ1) is 11.6. The molecule has 1 N–H and O–H groups in total. The fraction of sp³-hybridized carbons (Fsp3) is 0.368. The van der Waals surface area contributed by atoms with Crippen molar-refractivity contribution >= 4 is 15.9 Å². The maximum atomic E-state index is 12.9. The van der Waals surface area contributed by atoms with E-state index in [0.29, 0.717) is 18.3 Å². The summed E-state index contributed by atoms with van der Waals surface area (Å²) in [5.41, 5.74) is 1.27. The molecule has 0 aromatic heterocycles. The Hall–Kier alpha value is -1.43. The van der Waals surface area contributed by atoms with Crippen LogP contribution in [-0.4, -0.2) is 35.8 Å². The Labute approximate surface area is 150 Å². The van der Waals surface area contributed by atoms with Gasteiger partial charge in [0.1, 0.15) is 24.3 Å². The smallest absolute Gasteiger partial charge is 0.123 e. The Balaban J connectivity index is 1.55. The second-order valence-electron chi connectivity index (χ2n) is 6.13. The maximum Gasteiger partial charge on any atom is 0.123 e. The predicted molar refractivity (Wildman–Crippen MR) is 95.6 cm³/mol. The summed E-state index contributed by atoms with van der Waals surface area (Å²) in [4.78, 5) is 2.31. The van der Waals surface area contributed by atoms with Crippen molar-refractivity contribution in [3.63, 3.8) is 0 Å². The molecule has 1 saturated heterocycles. The summed E-state index contributed by atoms with van der Waals surface area (Å²) in [5.74, 6) is 0.275. The molecule has 0 saturated carbocycles. The average molecular weight is 394 g/mol. The minimum Gasteiger partial charge on any atom is -0.491 e. The Morgan fingerprint density at radius 2 is 2.04 bits per heavy atom. The van der Waals surface area contributed by atoms with Gasteiger partial charge < -0.3 is 9.84 Å². The summed E-state index contributed by atoms with van der Waals surface area (Å²) < 4.78 is 19.5. The number of nitrogens with zero attached hydrogens (tertiary/aromatic N) is 1. The lowest BCUT2D eigenvalue weighted by molar-refractivity contribution is 0.0638. The van der Waals surface area contributed by atoms with Gasteiger partial charge in [0.05, 0.1) is 0 Å². The Morgan fingerprint density at radius 3 is 2.79 bits per heavy atom. The van der Waals surface area contributed by atoms with Gasteiger partial charge in [-0.2, -0.15) is 0 Å². The highest BCUT2D eigenvalue weighted by Gasteiger charge is 2.27. The molecule has 1 aliphatic rings. The summed E-state index contributed by atoms with van der Waals surface area (Å²) in [5, 5.41) is 10.3. The van der Waals surface area contributed by atoms with Gasteiger partial charge in [0, 0.05) is 17.1 Å². The van der Waals surface area contributed by atoms with Crippen molar-refractivity contribution in [2.45, 2.75) is 25.0 Å². The summed E-state index contributed by atoms with van der Waals surface area (Å²) >= 11 is 3.52. The van der Waals surface area contributed by atoms with Gasteiger partial charge in [-0.05, 0) is 61.3 Å². The minimum atomic E-state index is -0.581. The molecule has 1 aliphatic heterocycles. The van der Waals surface area contributed by atoms with Crippen molar-refractivity contribution in [2.24, 2.45) is 0 Å². The average Bonchev–Trinajstić information content (AvgIpc) is 3.02. The van der Waals surface area contributed by atoms with Crippen molar-refractivity contribution in [3.8, 4) is 5.75 Å². The molecule has 0 radical (unpaired) electrons. The van der Waals surface area contributed by atoms with Crippen molar-refractivity contribution in [2.75, 3.05) is 19.7 Å². The van der Waals surface area contributed by atoms with E-state index in [4.69, 9.17) is 4.74 Å². The second-order valence-corrected chi connectivity index (χ2v) is 7.04. The molecule has 5 heteroatoms. The highest BCUT2D eigenvalue weighted by Crippen LogP contribution is 2.33. The van der Waals surface area contributed by atoms with Crippen LogP contribution in [0.25, 0.3) is 0 Å². The highest BCUT2D eigenvalue weighted by atomic mass is 79.9. The van der Waals surface area contributed by atoms with Gasteiger partial charge in [-0.15, -0.1) is 0 Å². The van der Waals surface area contributed by atoms with Gasteiger partial charge in [-0.1, -0.05) is 28.1 Å². The topological polar surface area (TPSA) is 32.7 Å². The number of hydrogen-bond donors (Lipinski definition) is 1. The summed E-state index contributed by atoms with van der Waals surface area (Å²) in [7, 11) is 0. The van der Waals surface area contributed by atoms with E-state index in [1.807, 2.05) is 12.1 Å². The third-order valence-corrected chi connectivity index (χ3v) is 4.79. The fourth-order valence-electron chi connectivity index (χ4n) is 3.18. The number of aliphatic hydroxyl groups is 1. The van der Waals surface area contributed by atoms with E-state index >= 15 is 0 Å². The normalized spacial score (nSPS) is 19.4. The maximum absolute atomic E-state index is 12.9. The number of likely N-dealkylation sites (tertiary alicyclic amines) is 1. The molecule has 0 spiro atoms. The van der Waals surface area contributed by atoms with Crippen LogP contribution in [0, 0.1) is 5.82 Å². The Kier molecular flexibility index (Phi) is 5.87. The lowest BCUT2D eigenvalue weighted by Crippen LogP contribution is -2.35. The van der Waals surface area contributed by atoms with Crippen LogP contribution in [0.5, 0.6) is 5.75 Å². The van der Waals surface area contributed by atoms with Gasteiger partial charge >= 0.3 is 0 Å². The van der Waals surface area contributed by atoms with E-state index in [1.165, 1.54) is 17.7 Å². The fourth-order valence-corrected chi connectivity index (χ4v) is 3.60. The Bertz CT molecular complexity index is 665.